The molecule has 0 bridgehead atoms. The van der Waals surface area contributed by atoms with Gasteiger partial charge in [0.05, 0.1) is 12.0 Å². The Kier molecular flexibility index (Phi) is 5.45. The minimum absolute atomic E-state index is 0.0947. The molecule has 0 radical (unpaired) electrons. The van der Waals surface area contributed by atoms with Crippen molar-refractivity contribution in [2.75, 3.05) is 19.6 Å². The third kappa shape index (κ3) is 3.95. The van der Waals surface area contributed by atoms with E-state index >= 15 is 0 Å². The molecule has 3 N–H and O–H groups in total. The molecular weight excluding hydrogens is 228 g/mol. The monoisotopic (exact) mass is 254 g/mol. The summed E-state index contributed by atoms with van der Waals surface area (Å²) >= 11 is 0. The zero-order chi connectivity index (χ0) is 12.8. The quantitative estimate of drug-likeness (QED) is 0.702. The van der Waals surface area contributed by atoms with Gasteiger partial charge in [-0.15, -0.1) is 0 Å². The van der Waals surface area contributed by atoms with Gasteiger partial charge in [0.15, 0.2) is 0 Å². The molecule has 4 heteroatoms. The second-order valence-electron chi connectivity index (χ2n) is 5.75. The average Bonchev–Trinajstić information content (AvgIpc) is 2.46. The van der Waals surface area contributed by atoms with Crippen LogP contribution in [0.2, 0.25) is 0 Å². The lowest BCUT2D eigenvalue weighted by molar-refractivity contribution is -0.126. The summed E-state index contributed by atoms with van der Waals surface area (Å²) in [6.07, 6.45) is 7.66. The molecule has 4 nitrogen and oxygen atoms in total. The van der Waals surface area contributed by atoms with Gasteiger partial charge in [0.1, 0.15) is 0 Å². The third-order valence-electron chi connectivity index (χ3n) is 4.35. The van der Waals surface area contributed by atoms with Crippen molar-refractivity contribution < 1.29 is 9.90 Å². The molecule has 2 atom stereocenters. The molecule has 0 aromatic carbocycles. The molecule has 1 saturated heterocycles. The Hall–Kier alpha value is -0.610. The highest BCUT2D eigenvalue weighted by molar-refractivity contribution is 5.78. The van der Waals surface area contributed by atoms with Crippen molar-refractivity contribution >= 4 is 5.91 Å². The molecule has 1 saturated carbocycles. The van der Waals surface area contributed by atoms with Crippen molar-refractivity contribution in [1.82, 2.24) is 10.6 Å². The number of carbonyl (C=O) groups is 1. The number of nitrogens with one attached hydrogen (secondary N) is 2. The molecule has 1 aliphatic heterocycles. The van der Waals surface area contributed by atoms with Crippen LogP contribution in [0.15, 0.2) is 0 Å². The first-order chi connectivity index (χ1) is 8.77. The highest BCUT2D eigenvalue weighted by Crippen LogP contribution is 2.26. The molecule has 0 spiro atoms. The van der Waals surface area contributed by atoms with Crippen LogP contribution < -0.4 is 10.6 Å². The SMILES string of the molecule is O=C(NCC(O)C1CCCCC1)C1CCCNC1. The lowest BCUT2D eigenvalue weighted by atomic mass is 9.85. The minimum atomic E-state index is -0.356. The first-order valence-corrected chi connectivity index (χ1v) is 7.44. The van der Waals surface area contributed by atoms with Crippen molar-refractivity contribution in [2.45, 2.75) is 51.0 Å². The van der Waals surface area contributed by atoms with Gasteiger partial charge in [0, 0.05) is 13.1 Å². The van der Waals surface area contributed by atoms with Crippen molar-refractivity contribution in [3.63, 3.8) is 0 Å². The number of hydrogen-bond donors (Lipinski definition) is 3. The van der Waals surface area contributed by atoms with E-state index in [9.17, 15) is 9.90 Å². The van der Waals surface area contributed by atoms with E-state index in [1.165, 1.54) is 19.3 Å². The van der Waals surface area contributed by atoms with Crippen LogP contribution in [0, 0.1) is 11.8 Å². The van der Waals surface area contributed by atoms with Gasteiger partial charge in [-0.3, -0.25) is 4.79 Å². The lowest BCUT2D eigenvalue weighted by Gasteiger charge is -2.28. The molecule has 1 aliphatic carbocycles. The molecule has 1 heterocycles. The van der Waals surface area contributed by atoms with Crippen molar-refractivity contribution in [3.05, 3.63) is 0 Å². The number of amides is 1. The van der Waals surface area contributed by atoms with Gasteiger partial charge in [0.2, 0.25) is 5.91 Å². The Morgan fingerprint density at radius 2 is 2.00 bits per heavy atom. The first kappa shape index (κ1) is 13.8. The smallest absolute Gasteiger partial charge is 0.224 e. The Balaban J connectivity index is 1.67. The largest absolute Gasteiger partial charge is 0.391 e. The van der Waals surface area contributed by atoms with Gasteiger partial charge in [-0.25, -0.2) is 0 Å². The lowest BCUT2D eigenvalue weighted by Crippen LogP contribution is -2.44. The fraction of sp³-hybridized carbons (Fsp3) is 0.929. The Labute approximate surface area is 110 Å². The van der Waals surface area contributed by atoms with Crippen LogP contribution in [0.3, 0.4) is 0 Å². The molecule has 0 aromatic rings. The second kappa shape index (κ2) is 7.10. The summed E-state index contributed by atoms with van der Waals surface area (Å²) in [4.78, 5) is 11.9. The van der Waals surface area contributed by atoms with E-state index in [0.29, 0.717) is 12.5 Å². The maximum Gasteiger partial charge on any atom is 0.224 e. The van der Waals surface area contributed by atoms with E-state index in [0.717, 1.165) is 38.8 Å². The number of hydrogen-bond acceptors (Lipinski definition) is 3. The Bertz CT molecular complexity index is 259. The van der Waals surface area contributed by atoms with E-state index in [1.54, 1.807) is 0 Å². The summed E-state index contributed by atoms with van der Waals surface area (Å²) in [6, 6.07) is 0. The summed E-state index contributed by atoms with van der Waals surface area (Å²) in [6.45, 7) is 2.24. The van der Waals surface area contributed by atoms with E-state index in [1.807, 2.05) is 0 Å². The summed E-state index contributed by atoms with van der Waals surface area (Å²) in [5.41, 5.74) is 0. The van der Waals surface area contributed by atoms with Gasteiger partial charge in [-0.05, 0) is 38.1 Å². The minimum Gasteiger partial charge on any atom is -0.391 e. The Morgan fingerprint density at radius 3 is 2.67 bits per heavy atom. The Morgan fingerprint density at radius 1 is 1.22 bits per heavy atom. The van der Waals surface area contributed by atoms with Gasteiger partial charge >= 0.3 is 0 Å². The number of piperidine rings is 1. The van der Waals surface area contributed by atoms with Crippen LogP contribution in [0.5, 0.6) is 0 Å². The zero-order valence-electron chi connectivity index (χ0n) is 11.2. The number of aliphatic hydroxyl groups is 1. The molecular formula is C14H26N2O2. The van der Waals surface area contributed by atoms with Crippen LogP contribution in [0.1, 0.15) is 44.9 Å². The number of aliphatic hydroxyl groups excluding tert-OH is 1. The van der Waals surface area contributed by atoms with Crippen LogP contribution in [-0.4, -0.2) is 36.8 Å². The van der Waals surface area contributed by atoms with Crippen LogP contribution in [0.25, 0.3) is 0 Å². The highest BCUT2D eigenvalue weighted by atomic mass is 16.3. The van der Waals surface area contributed by atoms with Crippen molar-refractivity contribution in [1.29, 1.82) is 0 Å². The second-order valence-corrected chi connectivity index (χ2v) is 5.75. The molecule has 0 aromatic heterocycles. The molecule has 2 unspecified atom stereocenters. The highest BCUT2D eigenvalue weighted by Gasteiger charge is 2.24. The van der Waals surface area contributed by atoms with Crippen LogP contribution >= 0.6 is 0 Å². The fourth-order valence-electron chi connectivity index (χ4n) is 3.11. The molecule has 2 aliphatic rings. The van der Waals surface area contributed by atoms with Gasteiger partial charge < -0.3 is 15.7 Å². The summed E-state index contributed by atoms with van der Waals surface area (Å²) in [5, 5.41) is 16.3. The predicted octanol–water partition coefficient (Wildman–Crippen LogP) is 1.04. The fourth-order valence-corrected chi connectivity index (χ4v) is 3.11. The number of rotatable bonds is 4. The van der Waals surface area contributed by atoms with Gasteiger partial charge in [-0.1, -0.05) is 19.3 Å². The van der Waals surface area contributed by atoms with E-state index in [-0.39, 0.29) is 17.9 Å². The standard InChI is InChI=1S/C14H26N2O2/c17-13(11-5-2-1-3-6-11)10-16-14(18)12-7-4-8-15-9-12/h11-13,15,17H,1-10H2,(H,16,18). The third-order valence-corrected chi connectivity index (χ3v) is 4.35. The normalized spacial score (nSPS) is 27.7. The molecule has 2 fully saturated rings. The van der Waals surface area contributed by atoms with Gasteiger partial charge in [-0.2, -0.15) is 0 Å². The van der Waals surface area contributed by atoms with Crippen molar-refractivity contribution in [2.24, 2.45) is 11.8 Å². The average molecular weight is 254 g/mol. The molecule has 1 amide bonds. The number of carbonyl (C=O) groups excluding carboxylic acids is 1. The summed E-state index contributed by atoms with van der Waals surface area (Å²) in [7, 11) is 0. The van der Waals surface area contributed by atoms with Crippen molar-refractivity contribution in [3.8, 4) is 0 Å². The van der Waals surface area contributed by atoms with Crippen LogP contribution in [0.4, 0.5) is 0 Å². The van der Waals surface area contributed by atoms with Gasteiger partial charge in [0.25, 0.3) is 0 Å². The molecule has 2 rings (SSSR count). The van der Waals surface area contributed by atoms with E-state index in [4.69, 9.17) is 0 Å². The predicted molar refractivity (Wildman–Crippen MR) is 71.2 cm³/mol. The van der Waals surface area contributed by atoms with Crippen LogP contribution in [-0.2, 0) is 4.79 Å². The topological polar surface area (TPSA) is 61.4 Å². The molecule has 104 valence electrons. The zero-order valence-corrected chi connectivity index (χ0v) is 11.2. The summed E-state index contributed by atoms with van der Waals surface area (Å²) in [5.74, 6) is 0.595. The van der Waals surface area contributed by atoms with E-state index in [2.05, 4.69) is 10.6 Å². The molecule has 18 heavy (non-hydrogen) atoms. The maximum absolute atomic E-state index is 11.9. The summed E-state index contributed by atoms with van der Waals surface area (Å²) < 4.78 is 0. The maximum atomic E-state index is 11.9. The van der Waals surface area contributed by atoms with E-state index < -0.39 is 0 Å². The first-order valence-electron chi connectivity index (χ1n) is 7.44.